The van der Waals surface area contributed by atoms with Gasteiger partial charge in [0.25, 0.3) is 0 Å². The summed E-state index contributed by atoms with van der Waals surface area (Å²) in [7, 11) is 1.90. The van der Waals surface area contributed by atoms with Gasteiger partial charge in [0.2, 0.25) is 0 Å². The van der Waals surface area contributed by atoms with Gasteiger partial charge in [0, 0.05) is 13.0 Å². The summed E-state index contributed by atoms with van der Waals surface area (Å²) in [6.07, 6.45) is 1.21. The molecule has 0 atom stereocenters. The van der Waals surface area contributed by atoms with Crippen LogP contribution < -0.4 is 14.8 Å². The molecule has 1 rings (SSSR count). The number of nitrogens with one attached hydrogen (secondary N) is 1. The van der Waals surface area contributed by atoms with Crippen LogP contribution >= 0.6 is 15.9 Å². The summed E-state index contributed by atoms with van der Waals surface area (Å²) in [5.74, 6) is 1.44. The minimum absolute atomic E-state index is 0.499. The highest BCUT2D eigenvalue weighted by Gasteiger charge is 2.12. The molecule has 0 aromatic heterocycles. The SMILES string of the molecule is CCOc1cc(CNC)cc(Br)c1OCCCC#N. The lowest BCUT2D eigenvalue weighted by atomic mass is 10.2. The van der Waals surface area contributed by atoms with Gasteiger partial charge in [-0.3, -0.25) is 0 Å². The van der Waals surface area contributed by atoms with Crippen molar-refractivity contribution in [2.75, 3.05) is 20.3 Å². The zero-order valence-electron chi connectivity index (χ0n) is 11.3. The summed E-state index contributed by atoms with van der Waals surface area (Å²) in [5.41, 5.74) is 1.13. The van der Waals surface area contributed by atoms with E-state index in [1.54, 1.807) is 0 Å². The molecule has 0 aliphatic rings. The number of benzene rings is 1. The number of halogens is 1. The largest absolute Gasteiger partial charge is 0.490 e. The lowest BCUT2D eigenvalue weighted by molar-refractivity contribution is 0.272. The molecule has 0 aliphatic heterocycles. The molecule has 0 heterocycles. The summed E-state index contributed by atoms with van der Waals surface area (Å²) >= 11 is 3.51. The van der Waals surface area contributed by atoms with Crippen molar-refractivity contribution in [1.82, 2.24) is 5.32 Å². The molecule has 0 fully saturated rings. The zero-order chi connectivity index (χ0) is 14.1. The van der Waals surface area contributed by atoms with Gasteiger partial charge >= 0.3 is 0 Å². The topological polar surface area (TPSA) is 54.3 Å². The second kappa shape index (κ2) is 8.78. The molecule has 0 saturated heterocycles. The third-order valence-electron chi connectivity index (χ3n) is 2.43. The van der Waals surface area contributed by atoms with Gasteiger partial charge < -0.3 is 14.8 Å². The molecule has 19 heavy (non-hydrogen) atoms. The number of unbranched alkanes of at least 4 members (excludes halogenated alkanes) is 1. The highest BCUT2D eigenvalue weighted by Crippen LogP contribution is 2.37. The van der Waals surface area contributed by atoms with E-state index in [9.17, 15) is 0 Å². The monoisotopic (exact) mass is 326 g/mol. The predicted molar refractivity (Wildman–Crippen MR) is 78.4 cm³/mol. The quantitative estimate of drug-likeness (QED) is 0.745. The van der Waals surface area contributed by atoms with Crippen LogP contribution in [0.3, 0.4) is 0 Å². The number of hydrogen-bond acceptors (Lipinski definition) is 4. The first-order valence-electron chi connectivity index (χ1n) is 6.32. The van der Waals surface area contributed by atoms with Gasteiger partial charge in [0.15, 0.2) is 11.5 Å². The number of rotatable bonds is 8. The first kappa shape index (κ1) is 15.8. The predicted octanol–water partition coefficient (Wildman–Crippen LogP) is 3.25. The first-order chi connectivity index (χ1) is 9.22. The van der Waals surface area contributed by atoms with Crippen molar-refractivity contribution in [3.05, 3.63) is 22.2 Å². The molecule has 4 nitrogen and oxygen atoms in total. The molecule has 1 N–H and O–H groups in total. The molecule has 0 amide bonds. The van der Waals surface area contributed by atoms with Crippen molar-refractivity contribution in [2.24, 2.45) is 0 Å². The number of ether oxygens (including phenoxy) is 2. The minimum atomic E-state index is 0.499. The van der Waals surface area contributed by atoms with E-state index in [0.29, 0.717) is 31.8 Å². The van der Waals surface area contributed by atoms with E-state index in [4.69, 9.17) is 14.7 Å². The van der Waals surface area contributed by atoms with Gasteiger partial charge in [-0.25, -0.2) is 0 Å². The Labute approximate surface area is 122 Å². The van der Waals surface area contributed by atoms with E-state index in [-0.39, 0.29) is 0 Å². The van der Waals surface area contributed by atoms with Crippen LogP contribution in [0.4, 0.5) is 0 Å². The van der Waals surface area contributed by atoms with Crippen LogP contribution in [0.5, 0.6) is 11.5 Å². The Morgan fingerprint density at radius 1 is 1.37 bits per heavy atom. The highest BCUT2D eigenvalue weighted by atomic mass is 79.9. The van der Waals surface area contributed by atoms with Crippen LogP contribution in [-0.4, -0.2) is 20.3 Å². The van der Waals surface area contributed by atoms with Crippen molar-refractivity contribution >= 4 is 15.9 Å². The van der Waals surface area contributed by atoms with Crippen molar-refractivity contribution in [1.29, 1.82) is 5.26 Å². The van der Waals surface area contributed by atoms with Crippen LogP contribution in [-0.2, 0) is 6.54 Å². The van der Waals surface area contributed by atoms with E-state index in [1.165, 1.54) is 0 Å². The molecule has 1 aromatic rings. The van der Waals surface area contributed by atoms with Crippen LogP contribution in [0.25, 0.3) is 0 Å². The molecule has 104 valence electrons. The standard InChI is InChI=1S/C14H19BrN2O2/c1-3-18-13-9-11(10-17-2)8-12(15)14(13)19-7-5-4-6-16/h8-9,17H,3-5,7,10H2,1-2H3. The first-order valence-corrected chi connectivity index (χ1v) is 7.11. The maximum Gasteiger partial charge on any atom is 0.175 e. The zero-order valence-corrected chi connectivity index (χ0v) is 12.9. The Bertz CT molecular complexity index is 444. The Kier molecular flexibility index (Phi) is 7.31. The second-order valence-corrected chi connectivity index (χ2v) is 4.83. The number of nitriles is 1. The molecule has 0 saturated carbocycles. The molecular weight excluding hydrogens is 308 g/mol. The average Bonchev–Trinajstić information content (AvgIpc) is 2.38. The molecule has 0 unspecified atom stereocenters. The Balaban J connectivity index is 2.84. The van der Waals surface area contributed by atoms with Gasteiger partial charge in [0.1, 0.15) is 0 Å². The molecule has 0 bridgehead atoms. The Morgan fingerprint density at radius 2 is 2.16 bits per heavy atom. The Morgan fingerprint density at radius 3 is 2.79 bits per heavy atom. The third kappa shape index (κ3) is 5.09. The lowest BCUT2D eigenvalue weighted by Gasteiger charge is -2.15. The Hall–Kier alpha value is -1.25. The summed E-state index contributed by atoms with van der Waals surface area (Å²) in [4.78, 5) is 0. The van der Waals surface area contributed by atoms with Gasteiger partial charge in [-0.2, -0.15) is 5.26 Å². The van der Waals surface area contributed by atoms with E-state index >= 15 is 0 Å². The second-order valence-electron chi connectivity index (χ2n) is 3.98. The maximum atomic E-state index is 8.51. The molecule has 1 aromatic carbocycles. The van der Waals surface area contributed by atoms with Crippen LogP contribution in [0.2, 0.25) is 0 Å². The van der Waals surface area contributed by atoms with Gasteiger partial charge in [-0.05, 0) is 54.0 Å². The molecule has 5 heteroatoms. The van der Waals surface area contributed by atoms with E-state index in [1.807, 2.05) is 26.1 Å². The van der Waals surface area contributed by atoms with Crippen LogP contribution in [0.15, 0.2) is 16.6 Å². The highest BCUT2D eigenvalue weighted by molar-refractivity contribution is 9.10. The van der Waals surface area contributed by atoms with Gasteiger partial charge in [0.05, 0.1) is 23.8 Å². The van der Waals surface area contributed by atoms with E-state index in [2.05, 4.69) is 27.3 Å². The summed E-state index contributed by atoms with van der Waals surface area (Å²) in [6, 6.07) is 6.09. The third-order valence-corrected chi connectivity index (χ3v) is 3.02. The van der Waals surface area contributed by atoms with E-state index in [0.717, 1.165) is 22.3 Å². The number of hydrogen-bond donors (Lipinski definition) is 1. The minimum Gasteiger partial charge on any atom is -0.490 e. The summed E-state index contributed by atoms with van der Waals surface area (Å²) < 4.78 is 12.2. The van der Waals surface area contributed by atoms with Crippen molar-refractivity contribution in [2.45, 2.75) is 26.3 Å². The fourth-order valence-corrected chi connectivity index (χ4v) is 2.26. The fourth-order valence-electron chi connectivity index (χ4n) is 1.66. The smallest absolute Gasteiger partial charge is 0.175 e. The van der Waals surface area contributed by atoms with Crippen molar-refractivity contribution < 1.29 is 9.47 Å². The van der Waals surface area contributed by atoms with E-state index < -0.39 is 0 Å². The average molecular weight is 327 g/mol. The molecule has 0 aliphatic carbocycles. The summed E-state index contributed by atoms with van der Waals surface area (Å²) in [5, 5.41) is 11.6. The number of nitrogens with zero attached hydrogens (tertiary/aromatic N) is 1. The lowest BCUT2D eigenvalue weighted by Crippen LogP contribution is -2.07. The fraction of sp³-hybridized carbons (Fsp3) is 0.500. The maximum absolute atomic E-state index is 8.51. The normalized spacial score (nSPS) is 10.0. The van der Waals surface area contributed by atoms with Gasteiger partial charge in [-0.1, -0.05) is 0 Å². The van der Waals surface area contributed by atoms with Crippen LogP contribution in [0, 0.1) is 11.3 Å². The molecular formula is C14H19BrN2O2. The molecule has 0 radical (unpaired) electrons. The molecule has 0 spiro atoms. The van der Waals surface area contributed by atoms with Crippen molar-refractivity contribution in [3.8, 4) is 17.6 Å². The summed E-state index contributed by atoms with van der Waals surface area (Å²) in [6.45, 7) is 3.81. The van der Waals surface area contributed by atoms with Gasteiger partial charge in [-0.15, -0.1) is 0 Å². The van der Waals surface area contributed by atoms with Crippen molar-refractivity contribution in [3.63, 3.8) is 0 Å². The van der Waals surface area contributed by atoms with Crippen LogP contribution in [0.1, 0.15) is 25.3 Å².